The number of hydrogen-bond acceptors (Lipinski definition) is 3. The van der Waals surface area contributed by atoms with E-state index in [9.17, 15) is 9.59 Å². The van der Waals surface area contributed by atoms with Crippen LogP contribution >= 0.6 is 0 Å². The van der Waals surface area contributed by atoms with Crippen LogP contribution in [0.4, 0.5) is 0 Å². The Bertz CT molecular complexity index is 609. The number of carboxylic acids is 1. The molecule has 0 aliphatic carbocycles. The average molecular weight is 221 g/mol. The molecule has 0 fully saturated rings. The van der Waals surface area contributed by atoms with E-state index in [0.29, 0.717) is 5.65 Å². The molecule has 0 saturated carbocycles. The van der Waals surface area contributed by atoms with Crippen LogP contribution in [0.1, 0.15) is 35.8 Å². The molecule has 0 bridgehead atoms. The molecule has 0 aliphatic rings. The molecule has 2 heterocycles. The van der Waals surface area contributed by atoms with Gasteiger partial charge < -0.3 is 10.1 Å². The molecular formula is C10H11N3O3. The van der Waals surface area contributed by atoms with Crippen molar-refractivity contribution in [2.45, 2.75) is 19.8 Å². The smallest absolute Gasteiger partial charge is 0.342 e. The first-order valence-electron chi connectivity index (χ1n) is 4.85. The van der Waals surface area contributed by atoms with E-state index in [1.165, 1.54) is 10.7 Å². The van der Waals surface area contributed by atoms with Crippen molar-refractivity contribution >= 4 is 11.6 Å². The van der Waals surface area contributed by atoms with Crippen LogP contribution in [0, 0.1) is 0 Å². The second-order valence-electron chi connectivity index (χ2n) is 3.86. The van der Waals surface area contributed by atoms with Gasteiger partial charge in [-0.15, -0.1) is 0 Å². The number of aromatic nitrogens is 3. The van der Waals surface area contributed by atoms with Crippen molar-refractivity contribution < 1.29 is 9.90 Å². The van der Waals surface area contributed by atoms with Crippen molar-refractivity contribution in [3.63, 3.8) is 0 Å². The highest BCUT2D eigenvalue weighted by atomic mass is 16.4. The van der Waals surface area contributed by atoms with Crippen LogP contribution in [0.3, 0.4) is 0 Å². The zero-order chi connectivity index (χ0) is 11.9. The molecule has 0 aliphatic heterocycles. The van der Waals surface area contributed by atoms with Gasteiger partial charge in [-0.05, 0) is 5.92 Å². The molecule has 84 valence electrons. The van der Waals surface area contributed by atoms with E-state index in [0.717, 1.165) is 5.69 Å². The minimum absolute atomic E-state index is 0.219. The number of H-pyrrole nitrogens is 1. The summed E-state index contributed by atoms with van der Waals surface area (Å²) in [5.41, 5.74) is 0.373. The molecule has 2 aromatic rings. The maximum Gasteiger partial charge on any atom is 0.342 e. The fourth-order valence-electron chi connectivity index (χ4n) is 1.40. The Kier molecular flexibility index (Phi) is 2.26. The van der Waals surface area contributed by atoms with E-state index < -0.39 is 11.5 Å². The standard InChI is InChI=1S/C10H11N3O3/c1-5(2)7-3-8-11-9(14)6(10(15)16)4-13(8)12-7/h3-5H,1-2H3,(H,11,14)(H,15,16). The molecule has 16 heavy (non-hydrogen) atoms. The molecular weight excluding hydrogens is 210 g/mol. The van der Waals surface area contributed by atoms with Crippen LogP contribution in [0.15, 0.2) is 17.1 Å². The van der Waals surface area contributed by atoms with Crippen molar-refractivity contribution in [3.05, 3.63) is 33.9 Å². The maximum absolute atomic E-state index is 11.4. The predicted molar refractivity (Wildman–Crippen MR) is 56.9 cm³/mol. The van der Waals surface area contributed by atoms with Gasteiger partial charge in [0.2, 0.25) is 0 Å². The summed E-state index contributed by atoms with van der Waals surface area (Å²) in [7, 11) is 0. The van der Waals surface area contributed by atoms with E-state index in [-0.39, 0.29) is 11.5 Å². The highest BCUT2D eigenvalue weighted by molar-refractivity contribution is 5.86. The van der Waals surface area contributed by atoms with E-state index in [4.69, 9.17) is 5.11 Å². The minimum atomic E-state index is -1.26. The molecule has 2 aromatic heterocycles. The minimum Gasteiger partial charge on any atom is -0.477 e. The number of fused-ring (bicyclic) bond motifs is 1. The summed E-state index contributed by atoms with van der Waals surface area (Å²) in [6.45, 7) is 3.94. The molecule has 0 unspecified atom stereocenters. The number of aromatic carboxylic acids is 1. The number of carboxylic acid groups (broad SMARTS) is 1. The normalized spacial score (nSPS) is 11.2. The molecule has 0 radical (unpaired) electrons. The van der Waals surface area contributed by atoms with Gasteiger partial charge in [0.1, 0.15) is 11.2 Å². The van der Waals surface area contributed by atoms with Gasteiger partial charge in [-0.2, -0.15) is 5.10 Å². The molecule has 0 saturated heterocycles. The Labute approximate surface area is 90.5 Å². The Morgan fingerprint density at radius 3 is 2.81 bits per heavy atom. The summed E-state index contributed by atoms with van der Waals surface area (Å²) in [4.78, 5) is 24.6. The number of hydrogen-bond donors (Lipinski definition) is 2. The lowest BCUT2D eigenvalue weighted by Gasteiger charge is -1.96. The number of nitrogens with one attached hydrogen (secondary N) is 1. The average Bonchev–Trinajstić information content (AvgIpc) is 2.58. The van der Waals surface area contributed by atoms with Crippen molar-refractivity contribution in [2.75, 3.05) is 0 Å². The Morgan fingerprint density at radius 2 is 2.25 bits per heavy atom. The van der Waals surface area contributed by atoms with Crippen molar-refractivity contribution in [2.24, 2.45) is 0 Å². The summed E-state index contributed by atoms with van der Waals surface area (Å²) >= 11 is 0. The zero-order valence-corrected chi connectivity index (χ0v) is 8.89. The predicted octanol–water partition coefficient (Wildman–Crippen LogP) is 0.844. The van der Waals surface area contributed by atoms with E-state index in [1.807, 2.05) is 13.8 Å². The summed E-state index contributed by atoms with van der Waals surface area (Å²) < 4.78 is 1.38. The third kappa shape index (κ3) is 1.58. The van der Waals surface area contributed by atoms with E-state index in [2.05, 4.69) is 10.1 Å². The first-order valence-corrected chi connectivity index (χ1v) is 4.85. The van der Waals surface area contributed by atoms with Crippen LogP contribution in [0.2, 0.25) is 0 Å². The molecule has 0 amide bonds. The lowest BCUT2D eigenvalue weighted by Crippen LogP contribution is -2.19. The van der Waals surface area contributed by atoms with Crippen LogP contribution < -0.4 is 5.56 Å². The fourth-order valence-corrected chi connectivity index (χ4v) is 1.40. The number of rotatable bonds is 2. The van der Waals surface area contributed by atoms with Gasteiger partial charge in [0.05, 0.1) is 11.9 Å². The first kappa shape index (κ1) is 10.4. The second-order valence-corrected chi connectivity index (χ2v) is 3.86. The van der Waals surface area contributed by atoms with Crippen molar-refractivity contribution in [3.8, 4) is 0 Å². The largest absolute Gasteiger partial charge is 0.477 e. The molecule has 6 heteroatoms. The van der Waals surface area contributed by atoms with Crippen LogP contribution in [0.25, 0.3) is 5.65 Å². The number of aromatic amines is 1. The topological polar surface area (TPSA) is 87.5 Å². The van der Waals surface area contributed by atoms with Gasteiger partial charge in [0, 0.05) is 6.07 Å². The third-order valence-electron chi connectivity index (χ3n) is 2.31. The Hall–Kier alpha value is -2.11. The SMILES string of the molecule is CC(C)c1cc2[nH]c(=O)c(C(=O)O)cn2n1. The van der Waals surface area contributed by atoms with Gasteiger partial charge in [0.15, 0.2) is 0 Å². The summed E-state index contributed by atoms with van der Waals surface area (Å²) in [5, 5.41) is 13.0. The first-order chi connectivity index (χ1) is 7.49. The van der Waals surface area contributed by atoms with Gasteiger partial charge >= 0.3 is 5.97 Å². The Morgan fingerprint density at radius 1 is 1.56 bits per heavy atom. The fraction of sp³-hybridized carbons (Fsp3) is 0.300. The van der Waals surface area contributed by atoms with Crippen LogP contribution in [0.5, 0.6) is 0 Å². The van der Waals surface area contributed by atoms with Crippen LogP contribution in [-0.4, -0.2) is 25.7 Å². The summed E-state index contributed by atoms with van der Waals surface area (Å²) in [5.74, 6) is -1.04. The van der Waals surface area contributed by atoms with E-state index in [1.54, 1.807) is 6.07 Å². The van der Waals surface area contributed by atoms with Gasteiger partial charge in [-0.25, -0.2) is 9.31 Å². The monoisotopic (exact) mass is 221 g/mol. The van der Waals surface area contributed by atoms with Gasteiger partial charge in [-0.3, -0.25) is 4.79 Å². The lowest BCUT2D eigenvalue weighted by molar-refractivity contribution is 0.0694. The van der Waals surface area contributed by atoms with Crippen molar-refractivity contribution in [1.29, 1.82) is 0 Å². The second kappa shape index (κ2) is 3.48. The van der Waals surface area contributed by atoms with Gasteiger partial charge in [-0.1, -0.05) is 13.8 Å². The molecule has 2 N–H and O–H groups in total. The molecule has 0 atom stereocenters. The van der Waals surface area contributed by atoms with E-state index >= 15 is 0 Å². The molecule has 2 rings (SSSR count). The highest BCUT2D eigenvalue weighted by Crippen LogP contribution is 2.13. The van der Waals surface area contributed by atoms with Crippen LogP contribution in [-0.2, 0) is 0 Å². The van der Waals surface area contributed by atoms with Crippen molar-refractivity contribution in [1.82, 2.24) is 14.6 Å². The molecule has 6 nitrogen and oxygen atoms in total. The quantitative estimate of drug-likeness (QED) is 0.786. The zero-order valence-electron chi connectivity index (χ0n) is 8.89. The summed E-state index contributed by atoms with van der Waals surface area (Å²) in [6, 6.07) is 1.73. The maximum atomic E-state index is 11.4. The number of carbonyl (C=O) groups is 1. The molecule has 0 spiro atoms. The lowest BCUT2D eigenvalue weighted by atomic mass is 10.1. The Balaban J connectivity index is 2.70. The van der Waals surface area contributed by atoms with Gasteiger partial charge in [0.25, 0.3) is 5.56 Å². The molecule has 0 aromatic carbocycles. The third-order valence-corrected chi connectivity index (χ3v) is 2.31. The summed E-state index contributed by atoms with van der Waals surface area (Å²) in [6.07, 6.45) is 1.22. The number of nitrogens with zero attached hydrogens (tertiary/aromatic N) is 2. The highest BCUT2D eigenvalue weighted by Gasteiger charge is 2.12.